The monoisotopic (exact) mass is 348 g/mol. The van der Waals surface area contributed by atoms with Gasteiger partial charge < -0.3 is 10.2 Å². The lowest BCUT2D eigenvalue weighted by atomic mass is 10.1. The molecule has 0 aliphatic heterocycles. The van der Waals surface area contributed by atoms with Crippen LogP contribution in [0.4, 0.5) is 0 Å². The molecule has 0 saturated carbocycles. The first-order valence-corrected chi connectivity index (χ1v) is 8.08. The van der Waals surface area contributed by atoms with Crippen molar-refractivity contribution < 1.29 is 9.59 Å². The predicted octanol–water partition coefficient (Wildman–Crippen LogP) is -0.107. The van der Waals surface area contributed by atoms with Crippen LogP contribution in [0.25, 0.3) is 11.0 Å². The van der Waals surface area contributed by atoms with E-state index in [0.717, 1.165) is 0 Å². The second-order valence-corrected chi connectivity index (χ2v) is 6.89. The molecular weight excluding hydrogens is 324 g/mol. The zero-order valence-corrected chi connectivity index (χ0v) is 15.2. The molecule has 2 aromatic rings. The number of aromatic nitrogens is 4. The number of likely N-dealkylation sites (N-methyl/N-ethyl adjacent to an activating group) is 1. The van der Waals surface area contributed by atoms with E-state index in [2.05, 4.69) is 15.4 Å². The predicted molar refractivity (Wildman–Crippen MR) is 92.9 cm³/mol. The van der Waals surface area contributed by atoms with Gasteiger partial charge in [0.05, 0.1) is 12.7 Å². The fourth-order valence-electron chi connectivity index (χ4n) is 2.43. The van der Waals surface area contributed by atoms with Crippen molar-refractivity contribution in [2.75, 3.05) is 13.1 Å². The van der Waals surface area contributed by atoms with E-state index in [9.17, 15) is 14.4 Å². The van der Waals surface area contributed by atoms with Crippen LogP contribution in [0.1, 0.15) is 27.7 Å². The first kappa shape index (κ1) is 18.6. The molecule has 0 aliphatic rings. The summed E-state index contributed by atoms with van der Waals surface area (Å²) in [6.07, 6.45) is 2.76. The molecule has 2 heterocycles. The first-order valence-electron chi connectivity index (χ1n) is 8.08. The number of nitrogens with zero attached hydrogens (tertiary/aromatic N) is 5. The van der Waals surface area contributed by atoms with E-state index in [4.69, 9.17) is 0 Å². The number of fused-ring (bicyclic) bond motifs is 1. The van der Waals surface area contributed by atoms with Crippen molar-refractivity contribution in [1.82, 2.24) is 29.5 Å². The van der Waals surface area contributed by atoms with Gasteiger partial charge in [0.25, 0.3) is 5.56 Å². The maximum Gasteiger partial charge on any atom is 0.264 e. The maximum atomic E-state index is 12.5. The summed E-state index contributed by atoms with van der Waals surface area (Å²) in [5.74, 6) is -0.561. The molecule has 136 valence electrons. The minimum Gasteiger partial charge on any atom is -0.350 e. The number of hydrogen-bond acceptors (Lipinski definition) is 5. The van der Waals surface area contributed by atoms with Crippen molar-refractivity contribution in [3.05, 3.63) is 22.9 Å². The molecule has 0 unspecified atom stereocenters. The molecule has 0 fully saturated rings. The normalized spacial score (nSPS) is 11.6. The maximum absolute atomic E-state index is 12.5. The highest BCUT2D eigenvalue weighted by Gasteiger charge is 2.20. The zero-order chi connectivity index (χ0) is 18.8. The van der Waals surface area contributed by atoms with E-state index in [0.29, 0.717) is 17.6 Å². The Morgan fingerprint density at radius 1 is 1.32 bits per heavy atom. The smallest absolute Gasteiger partial charge is 0.264 e. The molecule has 2 rings (SSSR count). The highest BCUT2D eigenvalue weighted by atomic mass is 16.2. The Morgan fingerprint density at radius 2 is 2.00 bits per heavy atom. The van der Waals surface area contributed by atoms with Gasteiger partial charge in [0.2, 0.25) is 11.8 Å². The first-order chi connectivity index (χ1) is 11.6. The minimum atomic E-state index is -0.369. The Kier molecular flexibility index (Phi) is 5.24. The SMILES string of the molecule is CCN(CC(=O)NC(C)(C)C)C(=O)Cn1cnc2c(cnn2C)c1=O. The van der Waals surface area contributed by atoms with Gasteiger partial charge in [-0.05, 0) is 27.7 Å². The zero-order valence-electron chi connectivity index (χ0n) is 15.2. The van der Waals surface area contributed by atoms with Gasteiger partial charge in [-0.3, -0.25) is 23.6 Å². The van der Waals surface area contributed by atoms with Crippen LogP contribution in [0, 0.1) is 0 Å². The lowest BCUT2D eigenvalue weighted by Crippen LogP contribution is -2.48. The van der Waals surface area contributed by atoms with Crippen molar-refractivity contribution in [2.24, 2.45) is 7.05 Å². The highest BCUT2D eigenvalue weighted by molar-refractivity contribution is 5.85. The van der Waals surface area contributed by atoms with Crippen molar-refractivity contribution >= 4 is 22.8 Å². The summed E-state index contributed by atoms with van der Waals surface area (Å²) in [6.45, 7) is 7.55. The molecule has 0 bridgehead atoms. The Hall–Kier alpha value is -2.71. The van der Waals surface area contributed by atoms with E-state index >= 15 is 0 Å². The molecule has 0 saturated heterocycles. The van der Waals surface area contributed by atoms with E-state index in [-0.39, 0.29) is 36.0 Å². The van der Waals surface area contributed by atoms with Crippen LogP contribution in [0.5, 0.6) is 0 Å². The van der Waals surface area contributed by atoms with Crippen LogP contribution in [0.2, 0.25) is 0 Å². The topological polar surface area (TPSA) is 102 Å². The molecule has 1 N–H and O–H groups in total. The number of rotatable bonds is 5. The van der Waals surface area contributed by atoms with Crippen LogP contribution in [-0.4, -0.2) is 54.7 Å². The Bertz CT molecular complexity index is 846. The quantitative estimate of drug-likeness (QED) is 0.812. The van der Waals surface area contributed by atoms with Gasteiger partial charge in [0.1, 0.15) is 18.3 Å². The minimum absolute atomic E-state index is 0.0517. The van der Waals surface area contributed by atoms with Crippen LogP contribution < -0.4 is 10.9 Å². The molecule has 0 atom stereocenters. The van der Waals surface area contributed by atoms with E-state index in [1.165, 1.54) is 26.7 Å². The number of aryl methyl sites for hydroxylation is 1. The molecule has 9 heteroatoms. The standard InChI is InChI=1S/C16H24N6O3/c1-6-21(8-12(23)19-16(2,3)4)13(24)9-22-10-17-14-11(15(22)25)7-18-20(14)5/h7,10H,6,8-9H2,1-5H3,(H,19,23). The summed E-state index contributed by atoms with van der Waals surface area (Å²) in [7, 11) is 1.69. The van der Waals surface area contributed by atoms with Gasteiger partial charge in [-0.15, -0.1) is 0 Å². The largest absolute Gasteiger partial charge is 0.350 e. The molecular formula is C16H24N6O3. The van der Waals surface area contributed by atoms with Gasteiger partial charge in [0.15, 0.2) is 5.65 Å². The summed E-state index contributed by atoms with van der Waals surface area (Å²) in [5, 5.41) is 7.16. The highest BCUT2D eigenvalue weighted by Crippen LogP contribution is 2.04. The third-order valence-electron chi connectivity index (χ3n) is 3.61. The Balaban J connectivity index is 2.13. The lowest BCUT2D eigenvalue weighted by Gasteiger charge is -2.25. The lowest BCUT2D eigenvalue weighted by molar-refractivity contribution is -0.136. The number of carbonyl (C=O) groups excluding carboxylic acids is 2. The van der Waals surface area contributed by atoms with E-state index in [1.807, 2.05) is 20.8 Å². The van der Waals surface area contributed by atoms with Crippen LogP contribution >= 0.6 is 0 Å². The Labute approximate surface area is 145 Å². The number of amides is 2. The molecule has 9 nitrogen and oxygen atoms in total. The fourth-order valence-corrected chi connectivity index (χ4v) is 2.43. The average Bonchev–Trinajstić information content (AvgIpc) is 2.88. The summed E-state index contributed by atoms with van der Waals surface area (Å²) >= 11 is 0. The summed E-state index contributed by atoms with van der Waals surface area (Å²) < 4.78 is 2.73. The van der Waals surface area contributed by atoms with Gasteiger partial charge in [-0.25, -0.2) is 4.98 Å². The van der Waals surface area contributed by atoms with Gasteiger partial charge >= 0.3 is 0 Å². The van der Waals surface area contributed by atoms with Crippen molar-refractivity contribution in [3.63, 3.8) is 0 Å². The average molecular weight is 348 g/mol. The van der Waals surface area contributed by atoms with E-state index in [1.54, 1.807) is 14.0 Å². The molecule has 0 radical (unpaired) electrons. The van der Waals surface area contributed by atoms with Crippen LogP contribution in [-0.2, 0) is 23.2 Å². The third-order valence-corrected chi connectivity index (χ3v) is 3.61. The molecule has 0 spiro atoms. The van der Waals surface area contributed by atoms with Gasteiger partial charge in [-0.1, -0.05) is 0 Å². The fraction of sp³-hybridized carbons (Fsp3) is 0.562. The van der Waals surface area contributed by atoms with Crippen molar-refractivity contribution in [3.8, 4) is 0 Å². The summed E-state index contributed by atoms with van der Waals surface area (Å²) in [4.78, 5) is 42.5. The number of nitrogens with one attached hydrogen (secondary N) is 1. The number of hydrogen-bond donors (Lipinski definition) is 1. The third kappa shape index (κ3) is 4.43. The molecule has 0 aliphatic carbocycles. The summed E-state index contributed by atoms with van der Waals surface area (Å²) in [5.41, 5.74) is -0.238. The van der Waals surface area contributed by atoms with Crippen molar-refractivity contribution in [1.29, 1.82) is 0 Å². The molecule has 25 heavy (non-hydrogen) atoms. The molecule has 2 amide bonds. The van der Waals surface area contributed by atoms with E-state index < -0.39 is 0 Å². The van der Waals surface area contributed by atoms with Gasteiger partial charge in [0, 0.05) is 19.1 Å². The Morgan fingerprint density at radius 3 is 2.60 bits per heavy atom. The second kappa shape index (κ2) is 7.04. The summed E-state index contributed by atoms with van der Waals surface area (Å²) in [6, 6.07) is 0. The van der Waals surface area contributed by atoms with Crippen LogP contribution in [0.3, 0.4) is 0 Å². The molecule has 2 aromatic heterocycles. The molecule has 0 aromatic carbocycles. The number of carbonyl (C=O) groups is 2. The second-order valence-electron chi connectivity index (χ2n) is 6.89. The van der Waals surface area contributed by atoms with Gasteiger partial charge in [-0.2, -0.15) is 5.10 Å². The van der Waals surface area contributed by atoms with Crippen LogP contribution in [0.15, 0.2) is 17.3 Å². The van der Waals surface area contributed by atoms with Crippen molar-refractivity contribution in [2.45, 2.75) is 39.8 Å².